The summed E-state index contributed by atoms with van der Waals surface area (Å²) in [5.74, 6) is -0.542. The van der Waals surface area contributed by atoms with Crippen molar-refractivity contribution in [3.63, 3.8) is 0 Å². The summed E-state index contributed by atoms with van der Waals surface area (Å²) < 4.78 is 4.72. The number of nitrogen functional groups attached to an aromatic ring is 1. The van der Waals surface area contributed by atoms with Crippen molar-refractivity contribution in [1.29, 1.82) is 0 Å². The van der Waals surface area contributed by atoms with Gasteiger partial charge in [-0.1, -0.05) is 0 Å². The zero-order valence-electron chi connectivity index (χ0n) is 13.2. The van der Waals surface area contributed by atoms with E-state index in [0.717, 1.165) is 11.3 Å². The highest BCUT2D eigenvalue weighted by Crippen LogP contribution is 2.25. The average Bonchev–Trinajstić information content (AvgIpc) is 2.46. The summed E-state index contributed by atoms with van der Waals surface area (Å²) in [5.41, 5.74) is 7.53. The van der Waals surface area contributed by atoms with Crippen molar-refractivity contribution >= 4 is 23.3 Å². The van der Waals surface area contributed by atoms with Crippen LogP contribution in [-0.2, 0) is 9.53 Å². The zero-order chi connectivity index (χ0) is 16.2. The van der Waals surface area contributed by atoms with Crippen LogP contribution < -0.4 is 16.4 Å². The summed E-state index contributed by atoms with van der Waals surface area (Å²) in [6, 6.07) is 3.47. The van der Waals surface area contributed by atoms with E-state index in [1.807, 2.05) is 26.8 Å². The van der Waals surface area contributed by atoms with Crippen LogP contribution in [0.2, 0.25) is 0 Å². The van der Waals surface area contributed by atoms with Gasteiger partial charge in [-0.05, 0) is 38.5 Å². The van der Waals surface area contributed by atoms with E-state index in [1.54, 1.807) is 13.1 Å². The molecule has 1 aromatic rings. The molecular formula is C15H23N3O3. The number of nitrogens with one attached hydrogen (secondary N) is 2. The molecule has 1 amide bonds. The van der Waals surface area contributed by atoms with Gasteiger partial charge in [-0.3, -0.25) is 4.79 Å². The average molecular weight is 293 g/mol. The van der Waals surface area contributed by atoms with Gasteiger partial charge >= 0.3 is 5.97 Å². The SMILES string of the molecule is CNC(=O)C(C)(C)CNc1cc(C)c(N)c(C(=O)OC)c1. The molecule has 0 aliphatic rings. The van der Waals surface area contributed by atoms with Crippen molar-refractivity contribution in [3.8, 4) is 0 Å². The number of carbonyl (C=O) groups excluding carboxylic acids is 2. The number of nitrogens with two attached hydrogens (primary N) is 1. The minimum Gasteiger partial charge on any atom is -0.465 e. The van der Waals surface area contributed by atoms with E-state index >= 15 is 0 Å². The van der Waals surface area contributed by atoms with Crippen LogP contribution in [0.5, 0.6) is 0 Å². The van der Waals surface area contributed by atoms with Crippen molar-refractivity contribution < 1.29 is 14.3 Å². The first kappa shape index (κ1) is 16.8. The van der Waals surface area contributed by atoms with Crippen LogP contribution in [0.25, 0.3) is 0 Å². The van der Waals surface area contributed by atoms with E-state index in [-0.39, 0.29) is 5.91 Å². The van der Waals surface area contributed by atoms with Gasteiger partial charge in [0, 0.05) is 25.0 Å². The fourth-order valence-corrected chi connectivity index (χ4v) is 1.92. The molecule has 0 aliphatic heterocycles. The molecule has 6 nitrogen and oxygen atoms in total. The maximum absolute atomic E-state index is 11.8. The van der Waals surface area contributed by atoms with Crippen LogP contribution in [0.3, 0.4) is 0 Å². The van der Waals surface area contributed by atoms with E-state index in [9.17, 15) is 9.59 Å². The van der Waals surface area contributed by atoms with Gasteiger partial charge in [-0.15, -0.1) is 0 Å². The summed E-state index contributed by atoms with van der Waals surface area (Å²) in [6.45, 7) is 5.92. The number of benzene rings is 1. The Kier molecular flexibility index (Phi) is 5.18. The predicted molar refractivity (Wildman–Crippen MR) is 83.3 cm³/mol. The second kappa shape index (κ2) is 6.47. The Balaban J connectivity index is 2.98. The maximum atomic E-state index is 11.8. The monoisotopic (exact) mass is 293 g/mol. The number of methoxy groups -OCH3 is 1. The standard InChI is InChI=1S/C15H23N3O3/c1-9-6-10(7-11(12(9)16)13(19)21-5)18-8-15(2,3)14(20)17-4/h6-7,18H,8,16H2,1-5H3,(H,17,20). The molecular weight excluding hydrogens is 270 g/mol. The molecule has 1 rings (SSSR count). The number of hydrogen-bond acceptors (Lipinski definition) is 5. The first-order chi connectivity index (χ1) is 9.72. The second-order valence-corrected chi connectivity index (χ2v) is 5.56. The summed E-state index contributed by atoms with van der Waals surface area (Å²) >= 11 is 0. The van der Waals surface area contributed by atoms with Crippen LogP contribution in [0.15, 0.2) is 12.1 Å². The number of amides is 1. The maximum Gasteiger partial charge on any atom is 0.340 e. The first-order valence-corrected chi connectivity index (χ1v) is 6.67. The van der Waals surface area contributed by atoms with Gasteiger partial charge in [0.1, 0.15) is 0 Å². The van der Waals surface area contributed by atoms with Crippen molar-refractivity contribution in [2.75, 3.05) is 31.8 Å². The molecule has 0 saturated carbocycles. The van der Waals surface area contributed by atoms with Gasteiger partial charge in [0.25, 0.3) is 0 Å². The molecule has 0 atom stereocenters. The molecule has 0 heterocycles. The number of esters is 1. The van der Waals surface area contributed by atoms with Crippen LogP contribution in [0.4, 0.5) is 11.4 Å². The second-order valence-electron chi connectivity index (χ2n) is 5.56. The highest BCUT2D eigenvalue weighted by Gasteiger charge is 2.26. The van der Waals surface area contributed by atoms with Crippen LogP contribution in [0, 0.1) is 12.3 Å². The Bertz CT molecular complexity index is 553. The Hall–Kier alpha value is -2.24. The first-order valence-electron chi connectivity index (χ1n) is 6.67. The third-order valence-corrected chi connectivity index (χ3v) is 3.37. The third-order valence-electron chi connectivity index (χ3n) is 3.37. The molecule has 21 heavy (non-hydrogen) atoms. The Morgan fingerprint density at radius 2 is 1.95 bits per heavy atom. The molecule has 0 spiro atoms. The molecule has 0 radical (unpaired) electrons. The largest absolute Gasteiger partial charge is 0.465 e. The van der Waals surface area contributed by atoms with Gasteiger partial charge in [0.2, 0.25) is 5.91 Å². The lowest BCUT2D eigenvalue weighted by Crippen LogP contribution is -2.39. The van der Waals surface area contributed by atoms with Crippen molar-refractivity contribution in [2.24, 2.45) is 5.41 Å². The van der Waals surface area contributed by atoms with Crippen molar-refractivity contribution in [1.82, 2.24) is 5.32 Å². The number of carbonyl (C=O) groups is 2. The summed E-state index contributed by atoms with van der Waals surface area (Å²) in [6.07, 6.45) is 0. The molecule has 116 valence electrons. The van der Waals surface area contributed by atoms with E-state index in [2.05, 4.69) is 10.6 Å². The van der Waals surface area contributed by atoms with Gasteiger partial charge in [-0.2, -0.15) is 0 Å². The lowest BCUT2D eigenvalue weighted by atomic mass is 9.92. The quantitative estimate of drug-likeness (QED) is 0.565. The molecule has 4 N–H and O–H groups in total. The third kappa shape index (κ3) is 3.87. The molecule has 0 aliphatic carbocycles. The highest BCUT2D eigenvalue weighted by atomic mass is 16.5. The predicted octanol–water partition coefficient (Wildman–Crippen LogP) is 1.55. The zero-order valence-corrected chi connectivity index (χ0v) is 13.2. The fraction of sp³-hybridized carbons (Fsp3) is 0.467. The Morgan fingerprint density at radius 3 is 2.48 bits per heavy atom. The van der Waals surface area contributed by atoms with E-state index in [4.69, 9.17) is 10.5 Å². The van der Waals surface area contributed by atoms with E-state index in [0.29, 0.717) is 17.8 Å². The summed E-state index contributed by atoms with van der Waals surface area (Å²) in [7, 11) is 2.92. The van der Waals surface area contributed by atoms with Crippen molar-refractivity contribution in [2.45, 2.75) is 20.8 Å². The van der Waals surface area contributed by atoms with Gasteiger partial charge in [0.15, 0.2) is 0 Å². The number of ether oxygens (including phenoxy) is 1. The summed E-state index contributed by atoms with van der Waals surface area (Å²) in [4.78, 5) is 23.5. The Labute approximate surface area is 125 Å². The smallest absolute Gasteiger partial charge is 0.340 e. The van der Waals surface area contributed by atoms with Crippen LogP contribution in [0.1, 0.15) is 29.8 Å². The number of hydrogen-bond donors (Lipinski definition) is 3. The van der Waals surface area contributed by atoms with E-state index in [1.165, 1.54) is 7.11 Å². The van der Waals surface area contributed by atoms with E-state index < -0.39 is 11.4 Å². The number of rotatable bonds is 5. The van der Waals surface area contributed by atoms with Gasteiger partial charge < -0.3 is 21.1 Å². The van der Waals surface area contributed by atoms with Crippen molar-refractivity contribution in [3.05, 3.63) is 23.3 Å². The summed E-state index contributed by atoms with van der Waals surface area (Å²) in [5, 5.41) is 5.79. The highest BCUT2D eigenvalue weighted by molar-refractivity contribution is 5.97. The fourth-order valence-electron chi connectivity index (χ4n) is 1.92. The molecule has 6 heteroatoms. The normalized spacial score (nSPS) is 10.9. The van der Waals surface area contributed by atoms with Gasteiger partial charge in [0.05, 0.1) is 18.1 Å². The molecule has 0 unspecified atom stereocenters. The molecule has 0 bridgehead atoms. The lowest BCUT2D eigenvalue weighted by molar-refractivity contribution is -0.128. The Morgan fingerprint density at radius 1 is 1.33 bits per heavy atom. The lowest BCUT2D eigenvalue weighted by Gasteiger charge is -2.24. The van der Waals surface area contributed by atoms with Crippen LogP contribution in [-0.4, -0.2) is 32.6 Å². The van der Waals surface area contributed by atoms with Gasteiger partial charge in [-0.25, -0.2) is 4.79 Å². The van der Waals surface area contributed by atoms with Crippen LogP contribution >= 0.6 is 0 Å². The molecule has 0 saturated heterocycles. The number of aryl methyl sites for hydroxylation is 1. The topological polar surface area (TPSA) is 93.5 Å². The minimum atomic E-state index is -0.574. The minimum absolute atomic E-state index is 0.0599. The molecule has 0 fully saturated rings. The number of anilines is 2. The molecule has 0 aromatic heterocycles. The molecule has 1 aromatic carbocycles.